The molecule has 2 aromatic carbocycles. The van der Waals surface area contributed by atoms with Crippen molar-refractivity contribution >= 4 is 31.9 Å². The Kier molecular flexibility index (Phi) is 5.67. The number of hydrogen-bond acceptors (Lipinski definition) is 1. The molecule has 0 unspecified atom stereocenters. The number of hydrogen-bond donors (Lipinski definition) is 0. The SMILES string of the molecule is CC(C)c1ccc(COc2ccc(Br)cc2CBr)cc1. The van der Waals surface area contributed by atoms with Crippen LogP contribution in [0.2, 0.25) is 0 Å². The van der Waals surface area contributed by atoms with Crippen LogP contribution in [0.1, 0.15) is 36.5 Å². The van der Waals surface area contributed by atoms with Crippen LogP contribution in [0.4, 0.5) is 0 Å². The van der Waals surface area contributed by atoms with E-state index in [0.29, 0.717) is 12.5 Å². The van der Waals surface area contributed by atoms with Crippen molar-refractivity contribution in [2.75, 3.05) is 0 Å². The molecule has 0 aliphatic heterocycles. The zero-order valence-electron chi connectivity index (χ0n) is 11.7. The second-order valence-corrected chi connectivity index (χ2v) is 6.55. The molecule has 0 heterocycles. The van der Waals surface area contributed by atoms with Crippen molar-refractivity contribution in [1.29, 1.82) is 0 Å². The summed E-state index contributed by atoms with van der Waals surface area (Å²) in [5.41, 5.74) is 3.70. The van der Waals surface area contributed by atoms with Crippen molar-refractivity contribution in [2.45, 2.75) is 31.7 Å². The second kappa shape index (κ2) is 7.28. The quantitative estimate of drug-likeness (QED) is 0.558. The van der Waals surface area contributed by atoms with Crippen LogP contribution in [0.15, 0.2) is 46.9 Å². The standard InChI is InChI=1S/C17H18Br2O/c1-12(2)14-5-3-13(4-6-14)11-20-17-8-7-16(19)9-15(17)10-18/h3-9,12H,10-11H2,1-2H3. The molecule has 0 atom stereocenters. The van der Waals surface area contributed by atoms with Gasteiger partial charge in [0.25, 0.3) is 0 Å². The van der Waals surface area contributed by atoms with Crippen molar-refractivity contribution in [1.82, 2.24) is 0 Å². The summed E-state index contributed by atoms with van der Waals surface area (Å²) in [5, 5.41) is 0.786. The van der Waals surface area contributed by atoms with E-state index in [2.05, 4.69) is 76.0 Å². The molecule has 0 aromatic heterocycles. The average molecular weight is 398 g/mol. The van der Waals surface area contributed by atoms with Gasteiger partial charge in [-0.25, -0.2) is 0 Å². The van der Waals surface area contributed by atoms with E-state index < -0.39 is 0 Å². The summed E-state index contributed by atoms with van der Waals surface area (Å²) >= 11 is 6.97. The summed E-state index contributed by atoms with van der Waals surface area (Å²) in [7, 11) is 0. The molecular weight excluding hydrogens is 380 g/mol. The third-order valence-electron chi connectivity index (χ3n) is 3.21. The van der Waals surface area contributed by atoms with E-state index in [0.717, 1.165) is 21.1 Å². The van der Waals surface area contributed by atoms with Gasteiger partial charge < -0.3 is 4.74 Å². The summed E-state index contributed by atoms with van der Waals surface area (Å²) in [6.07, 6.45) is 0. The third kappa shape index (κ3) is 4.10. The summed E-state index contributed by atoms with van der Waals surface area (Å²) in [6.45, 7) is 5.01. The number of halogens is 2. The van der Waals surface area contributed by atoms with Gasteiger partial charge in [0.15, 0.2) is 0 Å². The van der Waals surface area contributed by atoms with Gasteiger partial charge in [-0.15, -0.1) is 0 Å². The highest BCUT2D eigenvalue weighted by molar-refractivity contribution is 9.10. The predicted octanol–water partition coefficient (Wildman–Crippen LogP) is 6.05. The van der Waals surface area contributed by atoms with Crippen LogP contribution in [0, 0.1) is 0 Å². The molecule has 0 N–H and O–H groups in total. The molecule has 0 aliphatic rings. The van der Waals surface area contributed by atoms with Gasteiger partial charge in [-0.1, -0.05) is 70.0 Å². The molecule has 0 fully saturated rings. The Morgan fingerprint density at radius 3 is 2.35 bits per heavy atom. The lowest BCUT2D eigenvalue weighted by molar-refractivity contribution is 0.304. The Morgan fingerprint density at radius 1 is 1.05 bits per heavy atom. The topological polar surface area (TPSA) is 9.23 Å². The molecule has 20 heavy (non-hydrogen) atoms. The average Bonchev–Trinajstić information content (AvgIpc) is 2.46. The molecule has 0 amide bonds. The van der Waals surface area contributed by atoms with Gasteiger partial charge in [-0.05, 0) is 35.2 Å². The zero-order valence-corrected chi connectivity index (χ0v) is 14.9. The molecule has 0 saturated carbocycles. The number of rotatable bonds is 5. The Balaban J connectivity index is 2.05. The fourth-order valence-corrected chi connectivity index (χ4v) is 2.80. The van der Waals surface area contributed by atoms with Crippen molar-refractivity contribution in [3.8, 4) is 5.75 Å². The van der Waals surface area contributed by atoms with E-state index in [-0.39, 0.29) is 0 Å². The van der Waals surface area contributed by atoms with Crippen molar-refractivity contribution < 1.29 is 4.74 Å². The molecule has 3 heteroatoms. The van der Waals surface area contributed by atoms with Gasteiger partial charge in [0, 0.05) is 15.4 Å². The van der Waals surface area contributed by atoms with Crippen LogP contribution in [0.3, 0.4) is 0 Å². The lowest BCUT2D eigenvalue weighted by atomic mass is 10.0. The maximum Gasteiger partial charge on any atom is 0.123 e. The summed E-state index contributed by atoms with van der Waals surface area (Å²) in [4.78, 5) is 0. The van der Waals surface area contributed by atoms with Crippen LogP contribution in [-0.4, -0.2) is 0 Å². The van der Waals surface area contributed by atoms with Crippen molar-refractivity contribution in [2.24, 2.45) is 0 Å². The maximum atomic E-state index is 5.92. The molecule has 2 aromatic rings. The van der Waals surface area contributed by atoms with E-state index in [1.165, 1.54) is 11.1 Å². The van der Waals surface area contributed by atoms with E-state index in [1.54, 1.807) is 0 Å². The molecule has 0 saturated heterocycles. The van der Waals surface area contributed by atoms with E-state index in [9.17, 15) is 0 Å². The Morgan fingerprint density at radius 2 is 1.75 bits per heavy atom. The van der Waals surface area contributed by atoms with Crippen LogP contribution < -0.4 is 4.74 Å². The van der Waals surface area contributed by atoms with Crippen LogP contribution in [0.5, 0.6) is 5.75 Å². The normalized spacial score (nSPS) is 10.8. The highest BCUT2D eigenvalue weighted by Crippen LogP contribution is 2.26. The van der Waals surface area contributed by atoms with Crippen LogP contribution >= 0.6 is 31.9 Å². The lowest BCUT2D eigenvalue weighted by Crippen LogP contribution is -1.98. The molecule has 0 radical (unpaired) electrons. The first-order valence-corrected chi connectivity index (χ1v) is 8.57. The molecule has 2 rings (SSSR count). The van der Waals surface area contributed by atoms with Gasteiger partial charge in [0.05, 0.1) is 0 Å². The first kappa shape index (κ1) is 15.6. The summed E-state index contributed by atoms with van der Waals surface area (Å²) < 4.78 is 6.99. The molecule has 0 aliphatic carbocycles. The van der Waals surface area contributed by atoms with Gasteiger partial charge in [0.2, 0.25) is 0 Å². The van der Waals surface area contributed by atoms with E-state index in [4.69, 9.17) is 4.74 Å². The van der Waals surface area contributed by atoms with Crippen LogP contribution in [-0.2, 0) is 11.9 Å². The van der Waals surface area contributed by atoms with Crippen molar-refractivity contribution in [3.05, 3.63) is 63.6 Å². The fraction of sp³-hybridized carbons (Fsp3) is 0.294. The number of ether oxygens (including phenoxy) is 1. The Hall–Kier alpha value is -0.800. The Bertz CT molecular complexity index is 562. The summed E-state index contributed by atoms with van der Waals surface area (Å²) in [6, 6.07) is 14.7. The molecular formula is C17H18Br2O. The number of alkyl halides is 1. The maximum absolute atomic E-state index is 5.92. The van der Waals surface area contributed by atoms with Crippen LogP contribution in [0.25, 0.3) is 0 Å². The molecule has 0 spiro atoms. The van der Waals surface area contributed by atoms with E-state index in [1.807, 2.05) is 12.1 Å². The zero-order chi connectivity index (χ0) is 14.5. The largest absolute Gasteiger partial charge is 0.489 e. The fourth-order valence-electron chi connectivity index (χ4n) is 1.95. The monoisotopic (exact) mass is 396 g/mol. The van der Waals surface area contributed by atoms with Gasteiger partial charge in [-0.2, -0.15) is 0 Å². The lowest BCUT2D eigenvalue weighted by Gasteiger charge is -2.11. The smallest absolute Gasteiger partial charge is 0.123 e. The molecule has 1 nitrogen and oxygen atoms in total. The van der Waals surface area contributed by atoms with Gasteiger partial charge >= 0.3 is 0 Å². The Labute approximate surface area is 137 Å². The molecule has 106 valence electrons. The van der Waals surface area contributed by atoms with Gasteiger partial charge in [-0.3, -0.25) is 0 Å². The second-order valence-electron chi connectivity index (χ2n) is 5.07. The molecule has 0 bridgehead atoms. The van der Waals surface area contributed by atoms with E-state index >= 15 is 0 Å². The first-order chi connectivity index (χ1) is 9.60. The third-order valence-corrected chi connectivity index (χ3v) is 4.30. The van der Waals surface area contributed by atoms with Gasteiger partial charge in [0.1, 0.15) is 12.4 Å². The first-order valence-electron chi connectivity index (χ1n) is 6.66. The summed E-state index contributed by atoms with van der Waals surface area (Å²) in [5.74, 6) is 1.49. The number of benzene rings is 2. The highest BCUT2D eigenvalue weighted by Gasteiger charge is 2.04. The minimum absolute atomic E-state index is 0.566. The predicted molar refractivity (Wildman–Crippen MR) is 91.6 cm³/mol. The minimum atomic E-state index is 0.566. The minimum Gasteiger partial charge on any atom is -0.489 e. The van der Waals surface area contributed by atoms with Crippen molar-refractivity contribution in [3.63, 3.8) is 0 Å². The highest BCUT2D eigenvalue weighted by atomic mass is 79.9.